The lowest BCUT2D eigenvalue weighted by Crippen LogP contribution is -2.44. The number of anilines is 1. The number of hydrogen-bond donors (Lipinski definition) is 3. The van der Waals surface area contributed by atoms with Crippen molar-refractivity contribution in [2.75, 3.05) is 18.4 Å². The lowest BCUT2D eigenvalue weighted by atomic mass is 9.90. The van der Waals surface area contributed by atoms with E-state index in [1.54, 1.807) is 0 Å². The average molecular weight is 518 g/mol. The Morgan fingerprint density at radius 2 is 1.74 bits per heavy atom. The molecular weight excluding hydrogens is 484 g/mol. The first-order valence-corrected chi connectivity index (χ1v) is 12.1. The Bertz CT molecular complexity index is 922. The van der Waals surface area contributed by atoms with Gasteiger partial charge in [-0.2, -0.15) is 0 Å². The van der Waals surface area contributed by atoms with Crippen LogP contribution in [0.3, 0.4) is 0 Å². The second-order valence-electron chi connectivity index (χ2n) is 8.65. The third-order valence-electron chi connectivity index (χ3n) is 5.10. The summed E-state index contributed by atoms with van der Waals surface area (Å²) in [5.41, 5.74) is 0.00337. The Labute approximate surface area is 209 Å². The van der Waals surface area contributed by atoms with E-state index in [9.17, 15) is 18.4 Å². The third-order valence-corrected chi connectivity index (χ3v) is 6.31. The molecule has 34 heavy (non-hydrogen) atoms. The minimum Gasteiger partial charge on any atom is -0.344 e. The zero-order chi connectivity index (χ0) is 24.4. The molecule has 3 N–H and O–H groups in total. The van der Waals surface area contributed by atoms with Crippen molar-refractivity contribution >= 4 is 40.7 Å². The Morgan fingerprint density at radius 1 is 1.06 bits per heavy atom. The second-order valence-corrected chi connectivity index (χ2v) is 9.63. The van der Waals surface area contributed by atoms with Crippen molar-refractivity contribution in [3.63, 3.8) is 0 Å². The molecule has 11 heteroatoms. The van der Waals surface area contributed by atoms with Gasteiger partial charge in [0.15, 0.2) is 0 Å². The molecule has 1 aromatic carbocycles. The maximum absolute atomic E-state index is 13.4. The summed E-state index contributed by atoms with van der Waals surface area (Å²) >= 11 is 1.31. The number of aromatic nitrogens is 2. The highest BCUT2D eigenvalue weighted by molar-refractivity contribution is 7.15. The lowest BCUT2D eigenvalue weighted by molar-refractivity contribution is -0.126. The van der Waals surface area contributed by atoms with Gasteiger partial charge in [0.1, 0.15) is 22.7 Å². The summed E-state index contributed by atoms with van der Waals surface area (Å²) in [6.45, 7) is 10.0. The van der Waals surface area contributed by atoms with E-state index in [-0.39, 0.29) is 29.8 Å². The van der Waals surface area contributed by atoms with Gasteiger partial charge >= 0.3 is 0 Å². The molecule has 2 rings (SSSR count). The summed E-state index contributed by atoms with van der Waals surface area (Å²) in [4.78, 5) is 25.2. The van der Waals surface area contributed by atoms with E-state index < -0.39 is 29.5 Å². The van der Waals surface area contributed by atoms with Crippen molar-refractivity contribution < 1.29 is 18.4 Å². The summed E-state index contributed by atoms with van der Waals surface area (Å²) < 4.78 is 26.7. The summed E-state index contributed by atoms with van der Waals surface area (Å²) in [7, 11) is 0. The van der Waals surface area contributed by atoms with E-state index in [2.05, 4.69) is 46.9 Å². The molecular formula is C23H34ClF2N5O2S. The molecule has 2 amide bonds. The van der Waals surface area contributed by atoms with Gasteiger partial charge in [-0.25, -0.2) is 8.78 Å². The van der Waals surface area contributed by atoms with Crippen LogP contribution in [0.1, 0.15) is 63.9 Å². The SMILES string of the molecule is CCCNCCC(C)(C)c1nnc(NC(=O)C(CCC)NC(=O)Cc2cc(F)cc(F)c2)s1.Cl. The average Bonchev–Trinajstić information content (AvgIpc) is 3.19. The molecule has 2 aromatic rings. The van der Waals surface area contributed by atoms with E-state index in [1.165, 1.54) is 11.3 Å². The van der Waals surface area contributed by atoms with Gasteiger partial charge in [0.05, 0.1) is 6.42 Å². The monoisotopic (exact) mass is 517 g/mol. The van der Waals surface area contributed by atoms with E-state index in [0.717, 1.165) is 49.1 Å². The van der Waals surface area contributed by atoms with Crippen molar-refractivity contribution in [3.05, 3.63) is 40.4 Å². The molecule has 1 aromatic heterocycles. The van der Waals surface area contributed by atoms with Crippen molar-refractivity contribution in [3.8, 4) is 0 Å². The zero-order valence-electron chi connectivity index (χ0n) is 20.0. The van der Waals surface area contributed by atoms with Crippen LogP contribution in [-0.2, 0) is 21.4 Å². The van der Waals surface area contributed by atoms with Crippen molar-refractivity contribution in [2.45, 2.75) is 71.3 Å². The van der Waals surface area contributed by atoms with Gasteiger partial charge in [-0.05, 0) is 50.0 Å². The molecule has 7 nitrogen and oxygen atoms in total. The fourth-order valence-corrected chi connectivity index (χ4v) is 4.13. The molecule has 1 heterocycles. The van der Waals surface area contributed by atoms with Gasteiger partial charge < -0.3 is 10.6 Å². The minimum atomic E-state index is -0.792. The molecule has 1 atom stereocenters. The highest BCUT2D eigenvalue weighted by atomic mass is 35.5. The number of carbonyl (C=O) groups excluding carboxylic acids is 2. The maximum Gasteiger partial charge on any atom is 0.248 e. The quantitative estimate of drug-likeness (QED) is 0.343. The molecule has 1 unspecified atom stereocenters. The topological polar surface area (TPSA) is 96.0 Å². The lowest BCUT2D eigenvalue weighted by Gasteiger charge is -2.21. The Hall–Kier alpha value is -2.17. The minimum absolute atomic E-state index is 0. The Kier molecular flexibility index (Phi) is 12.5. The second kappa shape index (κ2) is 14.3. The highest BCUT2D eigenvalue weighted by Gasteiger charge is 2.27. The fourth-order valence-electron chi connectivity index (χ4n) is 3.25. The largest absolute Gasteiger partial charge is 0.344 e. The predicted octanol–water partition coefficient (Wildman–Crippen LogP) is 4.37. The molecule has 0 aliphatic rings. The van der Waals surface area contributed by atoms with Gasteiger partial charge in [-0.3, -0.25) is 14.9 Å². The zero-order valence-corrected chi connectivity index (χ0v) is 21.7. The van der Waals surface area contributed by atoms with E-state index in [4.69, 9.17) is 0 Å². The van der Waals surface area contributed by atoms with Gasteiger partial charge in [-0.15, -0.1) is 22.6 Å². The van der Waals surface area contributed by atoms with Crippen LogP contribution in [-0.4, -0.2) is 41.1 Å². The number of nitrogens with zero attached hydrogens (tertiary/aromatic N) is 2. The van der Waals surface area contributed by atoms with E-state index >= 15 is 0 Å². The van der Waals surface area contributed by atoms with Crippen molar-refractivity contribution in [1.82, 2.24) is 20.8 Å². The molecule has 0 saturated heterocycles. The number of halogens is 3. The summed E-state index contributed by atoms with van der Waals surface area (Å²) in [6, 6.07) is 2.15. The van der Waals surface area contributed by atoms with Crippen LogP contribution in [0.25, 0.3) is 0 Å². The van der Waals surface area contributed by atoms with Gasteiger partial charge in [0, 0.05) is 11.5 Å². The van der Waals surface area contributed by atoms with Gasteiger partial charge in [-0.1, -0.05) is 45.5 Å². The molecule has 0 radical (unpaired) electrons. The standard InChI is InChI=1S/C23H33F2N5O2S.ClH/c1-5-7-18(27-19(31)13-15-11-16(24)14-17(25)12-15)20(32)28-22-30-29-21(33-22)23(3,4)8-10-26-9-6-2;/h11-12,14,18,26H,5-10,13H2,1-4H3,(H,27,31)(H,28,30,32);1H. The van der Waals surface area contributed by atoms with Crippen molar-refractivity contribution in [1.29, 1.82) is 0 Å². The smallest absolute Gasteiger partial charge is 0.248 e. The normalized spacial score (nSPS) is 12.1. The van der Waals surface area contributed by atoms with Crippen LogP contribution in [0.5, 0.6) is 0 Å². The number of benzene rings is 1. The first-order chi connectivity index (χ1) is 15.6. The van der Waals surface area contributed by atoms with Crippen LogP contribution in [0, 0.1) is 11.6 Å². The van der Waals surface area contributed by atoms with Crippen LogP contribution in [0.2, 0.25) is 0 Å². The predicted molar refractivity (Wildman–Crippen MR) is 133 cm³/mol. The number of amides is 2. The molecule has 0 aliphatic heterocycles. The van der Waals surface area contributed by atoms with Crippen LogP contribution in [0.4, 0.5) is 13.9 Å². The Morgan fingerprint density at radius 3 is 2.35 bits per heavy atom. The summed E-state index contributed by atoms with van der Waals surface area (Å²) in [5.74, 6) is -2.40. The fraction of sp³-hybridized carbons (Fsp3) is 0.565. The van der Waals surface area contributed by atoms with E-state index in [0.29, 0.717) is 18.0 Å². The number of rotatable bonds is 13. The van der Waals surface area contributed by atoms with Crippen LogP contribution >= 0.6 is 23.7 Å². The summed E-state index contributed by atoms with van der Waals surface area (Å²) in [6.07, 6.45) is 2.79. The highest BCUT2D eigenvalue weighted by Crippen LogP contribution is 2.31. The first-order valence-electron chi connectivity index (χ1n) is 11.2. The molecule has 0 spiro atoms. The van der Waals surface area contributed by atoms with Crippen LogP contribution < -0.4 is 16.0 Å². The van der Waals surface area contributed by atoms with Crippen LogP contribution in [0.15, 0.2) is 18.2 Å². The molecule has 0 bridgehead atoms. The Balaban J connectivity index is 0.00000578. The van der Waals surface area contributed by atoms with Gasteiger partial charge in [0.2, 0.25) is 16.9 Å². The maximum atomic E-state index is 13.4. The van der Waals surface area contributed by atoms with Gasteiger partial charge in [0.25, 0.3) is 0 Å². The number of nitrogens with one attached hydrogen (secondary N) is 3. The molecule has 0 fully saturated rings. The number of carbonyl (C=O) groups is 2. The molecule has 190 valence electrons. The molecule has 0 aliphatic carbocycles. The third kappa shape index (κ3) is 9.60. The first kappa shape index (κ1) is 29.9. The number of hydrogen-bond acceptors (Lipinski definition) is 6. The summed E-state index contributed by atoms with van der Waals surface area (Å²) in [5, 5.41) is 18.3. The molecule has 0 saturated carbocycles. The van der Waals surface area contributed by atoms with E-state index in [1.807, 2.05) is 6.92 Å². The van der Waals surface area contributed by atoms with Crippen molar-refractivity contribution in [2.24, 2.45) is 0 Å².